The molecule has 2 N–H and O–H groups in total. The Hall–Kier alpha value is -1.73. The second kappa shape index (κ2) is 8.39. The Morgan fingerprint density at radius 3 is 2.67 bits per heavy atom. The van der Waals surface area contributed by atoms with Gasteiger partial charge in [0, 0.05) is 30.8 Å². The molecule has 0 saturated carbocycles. The molecule has 2 aliphatic rings. The van der Waals surface area contributed by atoms with Crippen molar-refractivity contribution in [1.82, 2.24) is 15.5 Å². The molecule has 2 saturated heterocycles. The summed E-state index contributed by atoms with van der Waals surface area (Å²) in [5, 5.41) is 6.26. The predicted molar refractivity (Wildman–Crippen MR) is 93.6 cm³/mol. The first-order valence-electron chi connectivity index (χ1n) is 8.29. The van der Waals surface area contributed by atoms with Crippen molar-refractivity contribution in [2.75, 3.05) is 24.7 Å². The lowest BCUT2D eigenvalue weighted by molar-refractivity contribution is -0.123. The van der Waals surface area contributed by atoms with Crippen LogP contribution in [-0.4, -0.2) is 53.7 Å². The van der Waals surface area contributed by atoms with E-state index in [1.807, 2.05) is 30.3 Å². The number of rotatable bonds is 4. The number of piperidine rings is 1. The summed E-state index contributed by atoms with van der Waals surface area (Å²) >= 11 is 1.74. The molecule has 24 heavy (non-hydrogen) atoms. The van der Waals surface area contributed by atoms with Gasteiger partial charge < -0.3 is 15.0 Å². The van der Waals surface area contributed by atoms with Crippen molar-refractivity contribution >= 4 is 23.8 Å². The van der Waals surface area contributed by atoms with Gasteiger partial charge in [0.15, 0.2) is 0 Å². The molecular formula is C17H23N3O3S. The zero-order valence-electron chi connectivity index (χ0n) is 13.6. The summed E-state index contributed by atoms with van der Waals surface area (Å²) in [6.07, 6.45) is 1.26. The number of nitrogens with zero attached hydrogens (tertiary/aromatic N) is 1. The van der Waals surface area contributed by atoms with Crippen LogP contribution in [0.15, 0.2) is 30.3 Å². The van der Waals surface area contributed by atoms with E-state index in [2.05, 4.69) is 10.6 Å². The van der Waals surface area contributed by atoms with Gasteiger partial charge in [-0.15, -0.1) is 11.8 Å². The molecule has 0 radical (unpaired) electrons. The van der Waals surface area contributed by atoms with Crippen LogP contribution in [0.1, 0.15) is 18.4 Å². The van der Waals surface area contributed by atoms with Gasteiger partial charge in [-0.2, -0.15) is 0 Å². The number of carbonyl (C=O) groups is 2. The highest BCUT2D eigenvalue weighted by Crippen LogP contribution is 2.14. The third-order valence-electron chi connectivity index (χ3n) is 4.34. The van der Waals surface area contributed by atoms with Crippen LogP contribution in [0, 0.1) is 0 Å². The van der Waals surface area contributed by atoms with Gasteiger partial charge in [0.05, 0.1) is 6.04 Å². The van der Waals surface area contributed by atoms with Crippen LogP contribution in [0.5, 0.6) is 0 Å². The van der Waals surface area contributed by atoms with Crippen molar-refractivity contribution in [3.05, 3.63) is 35.9 Å². The van der Waals surface area contributed by atoms with E-state index in [0.29, 0.717) is 19.7 Å². The number of nitrogens with one attached hydrogen (secondary N) is 2. The van der Waals surface area contributed by atoms with Gasteiger partial charge in [-0.1, -0.05) is 30.3 Å². The van der Waals surface area contributed by atoms with Gasteiger partial charge in [0.2, 0.25) is 5.91 Å². The zero-order valence-corrected chi connectivity index (χ0v) is 14.4. The number of thioether (sulfide) groups is 1. The van der Waals surface area contributed by atoms with E-state index < -0.39 is 0 Å². The van der Waals surface area contributed by atoms with Crippen molar-refractivity contribution in [1.29, 1.82) is 0 Å². The van der Waals surface area contributed by atoms with Crippen molar-refractivity contribution in [3.8, 4) is 0 Å². The number of likely N-dealkylation sites (tertiary alicyclic amines) is 1. The molecule has 130 valence electrons. The van der Waals surface area contributed by atoms with Gasteiger partial charge in [-0.25, -0.2) is 4.79 Å². The second-order valence-corrected chi connectivity index (χ2v) is 7.11. The summed E-state index contributed by atoms with van der Waals surface area (Å²) in [6, 6.07) is 9.72. The Labute approximate surface area is 146 Å². The van der Waals surface area contributed by atoms with E-state index in [1.54, 1.807) is 16.7 Å². The minimum atomic E-state index is -0.280. The predicted octanol–water partition coefficient (Wildman–Crippen LogP) is 1.57. The normalized spacial score (nSPS) is 21.5. The molecule has 2 fully saturated rings. The summed E-state index contributed by atoms with van der Waals surface area (Å²) in [5.74, 6) is 1.74. The lowest BCUT2D eigenvalue weighted by Gasteiger charge is -2.32. The molecule has 2 amide bonds. The Balaban J connectivity index is 1.38. The first-order chi connectivity index (χ1) is 11.7. The Morgan fingerprint density at radius 1 is 1.25 bits per heavy atom. The molecule has 0 aromatic heterocycles. The van der Waals surface area contributed by atoms with Crippen molar-refractivity contribution in [2.24, 2.45) is 0 Å². The summed E-state index contributed by atoms with van der Waals surface area (Å²) in [5.41, 5.74) is 0.981. The molecule has 2 aliphatic heterocycles. The first-order valence-corrected chi connectivity index (χ1v) is 9.45. The first kappa shape index (κ1) is 17.1. The molecule has 1 atom stereocenters. The number of benzene rings is 1. The lowest BCUT2D eigenvalue weighted by Crippen LogP contribution is -2.51. The topological polar surface area (TPSA) is 70.7 Å². The summed E-state index contributed by atoms with van der Waals surface area (Å²) in [4.78, 5) is 25.9. The standard InChI is InChI=1S/C17H23N3O3S/c21-16(15-11-24-12-18-15)19-14-6-8-20(9-7-14)17(22)23-10-13-4-2-1-3-5-13/h1-5,14-15,18H,6-12H2,(H,19,21). The summed E-state index contributed by atoms with van der Waals surface area (Å²) in [7, 11) is 0. The van der Waals surface area contributed by atoms with E-state index in [1.165, 1.54) is 0 Å². The van der Waals surface area contributed by atoms with Crippen LogP contribution < -0.4 is 10.6 Å². The third-order valence-corrected chi connectivity index (χ3v) is 5.28. The van der Waals surface area contributed by atoms with Gasteiger partial charge in [-0.3, -0.25) is 10.1 Å². The van der Waals surface area contributed by atoms with Crippen molar-refractivity contribution in [2.45, 2.75) is 31.5 Å². The molecule has 0 spiro atoms. The van der Waals surface area contributed by atoms with E-state index in [-0.39, 0.29) is 24.1 Å². The largest absolute Gasteiger partial charge is 0.445 e. The molecule has 0 bridgehead atoms. The zero-order chi connectivity index (χ0) is 16.8. The lowest BCUT2D eigenvalue weighted by atomic mass is 10.1. The second-order valence-electron chi connectivity index (χ2n) is 6.08. The number of hydrogen-bond donors (Lipinski definition) is 2. The van der Waals surface area contributed by atoms with Gasteiger partial charge in [0.1, 0.15) is 6.61 Å². The fraction of sp³-hybridized carbons (Fsp3) is 0.529. The SMILES string of the molecule is O=C(NC1CCN(C(=O)OCc2ccccc2)CC1)C1CSCN1. The highest BCUT2D eigenvalue weighted by molar-refractivity contribution is 7.99. The monoisotopic (exact) mass is 349 g/mol. The molecule has 7 heteroatoms. The molecule has 0 aliphatic carbocycles. The Bertz CT molecular complexity index is 555. The number of ether oxygens (including phenoxy) is 1. The average molecular weight is 349 g/mol. The molecule has 3 rings (SSSR count). The number of amides is 2. The minimum Gasteiger partial charge on any atom is -0.445 e. The van der Waals surface area contributed by atoms with E-state index >= 15 is 0 Å². The van der Waals surface area contributed by atoms with Gasteiger partial charge in [0.25, 0.3) is 0 Å². The average Bonchev–Trinajstić information content (AvgIpc) is 3.16. The third kappa shape index (κ3) is 4.64. The quantitative estimate of drug-likeness (QED) is 0.863. The summed E-state index contributed by atoms with van der Waals surface area (Å²) in [6.45, 7) is 1.53. The van der Waals surface area contributed by atoms with Gasteiger partial charge in [-0.05, 0) is 18.4 Å². The Kier molecular flexibility index (Phi) is 5.98. The van der Waals surface area contributed by atoms with Crippen LogP contribution in [0.2, 0.25) is 0 Å². The maximum absolute atomic E-state index is 12.1. The van der Waals surface area contributed by atoms with Crippen LogP contribution in [-0.2, 0) is 16.1 Å². The molecule has 1 aromatic carbocycles. The van der Waals surface area contributed by atoms with E-state index in [9.17, 15) is 9.59 Å². The van der Waals surface area contributed by atoms with E-state index in [0.717, 1.165) is 30.0 Å². The summed E-state index contributed by atoms with van der Waals surface area (Å²) < 4.78 is 5.35. The maximum Gasteiger partial charge on any atom is 0.410 e. The van der Waals surface area contributed by atoms with E-state index in [4.69, 9.17) is 4.74 Å². The Morgan fingerprint density at radius 2 is 2.00 bits per heavy atom. The molecule has 1 aromatic rings. The van der Waals surface area contributed by atoms with Crippen LogP contribution in [0.4, 0.5) is 4.79 Å². The number of hydrogen-bond acceptors (Lipinski definition) is 5. The van der Waals surface area contributed by atoms with Crippen LogP contribution >= 0.6 is 11.8 Å². The van der Waals surface area contributed by atoms with Gasteiger partial charge >= 0.3 is 6.09 Å². The fourth-order valence-electron chi connectivity index (χ4n) is 2.88. The molecular weight excluding hydrogens is 326 g/mol. The molecule has 1 unspecified atom stereocenters. The fourth-order valence-corrected chi connectivity index (χ4v) is 3.82. The van der Waals surface area contributed by atoms with Crippen LogP contribution in [0.3, 0.4) is 0 Å². The highest BCUT2D eigenvalue weighted by atomic mass is 32.2. The smallest absolute Gasteiger partial charge is 0.410 e. The molecule has 6 nitrogen and oxygen atoms in total. The highest BCUT2D eigenvalue weighted by Gasteiger charge is 2.28. The number of carbonyl (C=O) groups excluding carboxylic acids is 2. The van der Waals surface area contributed by atoms with Crippen molar-refractivity contribution in [3.63, 3.8) is 0 Å². The van der Waals surface area contributed by atoms with Crippen molar-refractivity contribution < 1.29 is 14.3 Å². The van der Waals surface area contributed by atoms with Crippen LogP contribution in [0.25, 0.3) is 0 Å². The minimum absolute atomic E-state index is 0.0742. The maximum atomic E-state index is 12.1. The molecule has 2 heterocycles.